The molecule has 5 heteroatoms. The van der Waals surface area contributed by atoms with Gasteiger partial charge in [0.05, 0.1) is 5.56 Å². The number of alkyl halides is 3. The van der Waals surface area contributed by atoms with E-state index in [0.717, 1.165) is 17.7 Å². The lowest BCUT2D eigenvalue weighted by Crippen LogP contribution is -2.03. The van der Waals surface area contributed by atoms with E-state index in [1.165, 1.54) is 6.07 Å². The maximum Gasteiger partial charge on any atom is 0.416 e. The van der Waals surface area contributed by atoms with Crippen LogP contribution in [0.5, 0.6) is 0 Å². The van der Waals surface area contributed by atoms with Crippen molar-refractivity contribution in [3.05, 3.63) is 35.2 Å². The second-order valence-corrected chi connectivity index (χ2v) is 3.95. The molecular weight excluding hydrogens is 231 g/mol. The van der Waals surface area contributed by atoms with Crippen molar-refractivity contribution in [2.45, 2.75) is 20.0 Å². The molecule has 0 bridgehead atoms. The largest absolute Gasteiger partial charge is 0.437 e. The summed E-state index contributed by atoms with van der Waals surface area (Å²) in [6, 6.07) is 3.26. The molecule has 0 N–H and O–H groups in total. The van der Waals surface area contributed by atoms with E-state index in [0.29, 0.717) is 11.5 Å². The van der Waals surface area contributed by atoms with Gasteiger partial charge in [0, 0.05) is 0 Å². The molecule has 0 saturated heterocycles. The van der Waals surface area contributed by atoms with E-state index in [1.54, 1.807) is 6.08 Å². The Hall–Kier alpha value is -1.78. The second-order valence-electron chi connectivity index (χ2n) is 3.95. The number of fused-ring (bicyclic) bond motifs is 1. The minimum atomic E-state index is -4.36. The summed E-state index contributed by atoms with van der Waals surface area (Å²) < 4.78 is 42.7. The standard InChI is InChI=1S/C12H10F3NO/c1-7(2)5-11-16-9-6-8(12(13,14)15)3-4-10(9)17-11/h3-6H,1-2H3. The number of oxazole rings is 1. The highest BCUT2D eigenvalue weighted by Gasteiger charge is 2.30. The van der Waals surface area contributed by atoms with Gasteiger partial charge in [-0.2, -0.15) is 13.2 Å². The van der Waals surface area contributed by atoms with Gasteiger partial charge < -0.3 is 4.42 Å². The van der Waals surface area contributed by atoms with E-state index in [4.69, 9.17) is 4.42 Å². The zero-order valence-corrected chi connectivity index (χ0v) is 9.30. The smallest absolute Gasteiger partial charge is 0.416 e. The average molecular weight is 241 g/mol. The van der Waals surface area contributed by atoms with Gasteiger partial charge in [-0.15, -0.1) is 0 Å². The highest BCUT2D eigenvalue weighted by molar-refractivity contribution is 5.75. The Morgan fingerprint density at radius 2 is 2.00 bits per heavy atom. The number of hydrogen-bond donors (Lipinski definition) is 0. The van der Waals surface area contributed by atoms with Gasteiger partial charge in [-0.05, 0) is 38.1 Å². The SMILES string of the molecule is CC(C)=Cc1nc2cc(C(F)(F)F)ccc2o1. The van der Waals surface area contributed by atoms with Crippen LogP contribution in [0.25, 0.3) is 17.2 Å². The van der Waals surface area contributed by atoms with Crippen LogP contribution in [0.15, 0.2) is 28.2 Å². The first-order chi connectivity index (χ1) is 7.86. The van der Waals surface area contributed by atoms with Crippen LogP contribution in [0.1, 0.15) is 25.3 Å². The van der Waals surface area contributed by atoms with Crippen LogP contribution in [-0.4, -0.2) is 4.98 Å². The second kappa shape index (κ2) is 3.91. The predicted octanol–water partition coefficient (Wildman–Crippen LogP) is 4.27. The first kappa shape index (κ1) is 11.7. The molecule has 0 unspecified atom stereocenters. The summed E-state index contributed by atoms with van der Waals surface area (Å²) in [5, 5.41) is 0. The van der Waals surface area contributed by atoms with E-state index in [2.05, 4.69) is 4.98 Å². The van der Waals surface area contributed by atoms with E-state index < -0.39 is 11.7 Å². The van der Waals surface area contributed by atoms with Gasteiger partial charge in [0.2, 0.25) is 5.89 Å². The Balaban J connectivity index is 2.52. The lowest BCUT2D eigenvalue weighted by molar-refractivity contribution is -0.137. The van der Waals surface area contributed by atoms with Crippen molar-refractivity contribution in [1.82, 2.24) is 4.98 Å². The van der Waals surface area contributed by atoms with Gasteiger partial charge in [0.25, 0.3) is 0 Å². The summed E-state index contributed by atoms with van der Waals surface area (Å²) in [6.07, 6.45) is -2.68. The zero-order chi connectivity index (χ0) is 12.6. The van der Waals surface area contributed by atoms with Crippen molar-refractivity contribution >= 4 is 17.2 Å². The fourth-order valence-corrected chi connectivity index (χ4v) is 1.43. The fourth-order valence-electron chi connectivity index (χ4n) is 1.43. The number of aromatic nitrogens is 1. The molecule has 0 aliphatic carbocycles. The van der Waals surface area contributed by atoms with Crippen LogP contribution >= 0.6 is 0 Å². The number of hydrogen-bond acceptors (Lipinski definition) is 2. The lowest BCUT2D eigenvalue weighted by atomic mass is 10.2. The van der Waals surface area contributed by atoms with Crippen LogP contribution in [0, 0.1) is 0 Å². The van der Waals surface area contributed by atoms with Crippen LogP contribution in [0.4, 0.5) is 13.2 Å². The molecule has 0 spiro atoms. The third-order valence-corrected chi connectivity index (χ3v) is 2.14. The topological polar surface area (TPSA) is 26.0 Å². The van der Waals surface area contributed by atoms with E-state index in [1.807, 2.05) is 13.8 Å². The van der Waals surface area contributed by atoms with Crippen molar-refractivity contribution in [3.8, 4) is 0 Å². The summed E-state index contributed by atoms with van der Waals surface area (Å²) in [5.74, 6) is 0.319. The van der Waals surface area contributed by atoms with E-state index in [9.17, 15) is 13.2 Å². The Morgan fingerprint density at radius 1 is 1.29 bits per heavy atom. The third-order valence-electron chi connectivity index (χ3n) is 2.14. The van der Waals surface area contributed by atoms with Crippen molar-refractivity contribution in [2.75, 3.05) is 0 Å². The molecule has 2 nitrogen and oxygen atoms in total. The Morgan fingerprint density at radius 3 is 2.59 bits per heavy atom. The molecule has 0 amide bonds. The minimum Gasteiger partial charge on any atom is -0.437 e. The molecule has 0 atom stereocenters. The molecule has 0 saturated carbocycles. The first-order valence-electron chi connectivity index (χ1n) is 4.99. The van der Waals surface area contributed by atoms with Gasteiger partial charge in [-0.1, -0.05) is 5.57 Å². The summed E-state index contributed by atoms with van der Waals surface area (Å²) >= 11 is 0. The van der Waals surface area contributed by atoms with Crippen LogP contribution < -0.4 is 0 Å². The molecular formula is C12H10F3NO. The molecule has 1 aromatic heterocycles. The molecule has 90 valence electrons. The molecule has 1 aromatic carbocycles. The average Bonchev–Trinajstić information content (AvgIpc) is 2.55. The lowest BCUT2D eigenvalue weighted by Gasteiger charge is -2.04. The monoisotopic (exact) mass is 241 g/mol. The number of allylic oxidation sites excluding steroid dienone is 1. The Kier molecular flexibility index (Phi) is 2.69. The van der Waals surface area contributed by atoms with Gasteiger partial charge in [0.15, 0.2) is 5.58 Å². The van der Waals surface area contributed by atoms with Gasteiger partial charge >= 0.3 is 6.18 Å². The molecule has 17 heavy (non-hydrogen) atoms. The third kappa shape index (κ3) is 2.49. The number of rotatable bonds is 1. The maximum absolute atomic E-state index is 12.5. The summed E-state index contributed by atoms with van der Waals surface area (Å²) in [5.41, 5.74) is 0.812. The van der Waals surface area contributed by atoms with Crippen molar-refractivity contribution in [3.63, 3.8) is 0 Å². The zero-order valence-electron chi connectivity index (χ0n) is 9.30. The molecule has 2 aromatic rings. The molecule has 0 aliphatic heterocycles. The molecule has 1 heterocycles. The number of benzene rings is 1. The van der Waals surface area contributed by atoms with Crippen molar-refractivity contribution in [1.29, 1.82) is 0 Å². The highest BCUT2D eigenvalue weighted by atomic mass is 19.4. The Labute approximate surface area is 95.8 Å². The summed E-state index contributed by atoms with van der Waals surface area (Å²) in [7, 11) is 0. The van der Waals surface area contributed by atoms with Gasteiger partial charge in [-0.25, -0.2) is 4.98 Å². The quantitative estimate of drug-likeness (QED) is 0.745. The molecule has 0 fully saturated rings. The number of halogens is 3. The summed E-state index contributed by atoms with van der Waals surface area (Å²) in [4.78, 5) is 3.98. The van der Waals surface area contributed by atoms with Gasteiger partial charge in [0.1, 0.15) is 5.52 Å². The minimum absolute atomic E-state index is 0.215. The molecule has 0 radical (unpaired) electrons. The van der Waals surface area contributed by atoms with E-state index >= 15 is 0 Å². The van der Waals surface area contributed by atoms with Crippen molar-refractivity contribution < 1.29 is 17.6 Å². The highest BCUT2D eigenvalue weighted by Crippen LogP contribution is 2.31. The van der Waals surface area contributed by atoms with Crippen LogP contribution in [0.2, 0.25) is 0 Å². The van der Waals surface area contributed by atoms with Crippen LogP contribution in [0.3, 0.4) is 0 Å². The Bertz CT molecular complexity index is 577. The molecule has 0 aliphatic rings. The molecule has 2 rings (SSSR count). The predicted molar refractivity (Wildman–Crippen MR) is 58.3 cm³/mol. The number of nitrogens with zero attached hydrogens (tertiary/aromatic N) is 1. The summed E-state index contributed by atoms with van der Waals surface area (Å²) in [6.45, 7) is 3.71. The van der Waals surface area contributed by atoms with Gasteiger partial charge in [-0.3, -0.25) is 0 Å². The normalized spacial score (nSPS) is 11.8. The van der Waals surface area contributed by atoms with Crippen LogP contribution in [-0.2, 0) is 6.18 Å². The fraction of sp³-hybridized carbons (Fsp3) is 0.250. The maximum atomic E-state index is 12.5. The first-order valence-corrected chi connectivity index (χ1v) is 4.99. The van der Waals surface area contributed by atoms with E-state index in [-0.39, 0.29) is 5.52 Å². The van der Waals surface area contributed by atoms with Crippen molar-refractivity contribution in [2.24, 2.45) is 0 Å².